The minimum Gasteiger partial charge on any atom is -0.494 e. The van der Waals surface area contributed by atoms with Crippen LogP contribution < -0.4 is 19.5 Å². The fourth-order valence-corrected chi connectivity index (χ4v) is 3.97. The highest BCUT2D eigenvalue weighted by atomic mass is 35.5. The molecule has 1 atom stereocenters. The molecule has 2 aromatic rings. The van der Waals surface area contributed by atoms with Crippen LogP contribution in [0.3, 0.4) is 0 Å². The van der Waals surface area contributed by atoms with Gasteiger partial charge in [0.2, 0.25) is 0 Å². The Morgan fingerprint density at radius 3 is 2.62 bits per heavy atom. The summed E-state index contributed by atoms with van der Waals surface area (Å²) in [5, 5.41) is 2.75. The lowest BCUT2D eigenvalue weighted by molar-refractivity contribution is -0.122. The van der Waals surface area contributed by atoms with E-state index in [-0.39, 0.29) is 27.3 Å². The van der Waals surface area contributed by atoms with Crippen LogP contribution in [0.25, 0.3) is 0 Å². The lowest BCUT2D eigenvalue weighted by Crippen LogP contribution is -2.35. The number of anilines is 2. The summed E-state index contributed by atoms with van der Waals surface area (Å²) in [5.74, 6) is 0.318. The first-order valence-electron chi connectivity index (χ1n) is 7.87. The van der Waals surface area contributed by atoms with Gasteiger partial charge in [0.1, 0.15) is 10.6 Å². The summed E-state index contributed by atoms with van der Waals surface area (Å²) < 4.78 is 39.0. The fraction of sp³-hybridized carbons (Fsp3) is 0.235. The molecule has 1 aliphatic rings. The first-order chi connectivity index (χ1) is 12.3. The Morgan fingerprint density at radius 1 is 1.27 bits per heavy atom. The maximum Gasteiger partial charge on any atom is 0.265 e. The molecule has 1 unspecified atom stereocenters. The fourth-order valence-electron chi connectivity index (χ4n) is 2.44. The molecule has 138 valence electrons. The highest BCUT2D eigenvalue weighted by molar-refractivity contribution is 7.92. The molecule has 1 amide bonds. The molecule has 0 fully saturated rings. The van der Waals surface area contributed by atoms with Crippen LogP contribution in [-0.4, -0.2) is 27.0 Å². The number of hydrogen-bond acceptors (Lipinski definition) is 5. The van der Waals surface area contributed by atoms with E-state index in [1.54, 1.807) is 24.3 Å². The normalized spacial score (nSPS) is 16.3. The van der Waals surface area contributed by atoms with Crippen molar-refractivity contribution in [2.24, 2.45) is 0 Å². The zero-order valence-electron chi connectivity index (χ0n) is 14.1. The van der Waals surface area contributed by atoms with Crippen molar-refractivity contribution in [1.29, 1.82) is 0 Å². The van der Waals surface area contributed by atoms with Crippen molar-refractivity contribution >= 4 is 38.9 Å². The Morgan fingerprint density at radius 2 is 1.96 bits per heavy atom. The Bertz CT molecular complexity index is 944. The van der Waals surface area contributed by atoms with E-state index in [2.05, 4.69) is 10.0 Å². The van der Waals surface area contributed by atoms with Gasteiger partial charge in [0, 0.05) is 10.7 Å². The lowest BCUT2D eigenvalue weighted by Gasteiger charge is -2.25. The molecule has 7 nitrogen and oxygen atoms in total. The van der Waals surface area contributed by atoms with E-state index in [4.69, 9.17) is 21.1 Å². The van der Waals surface area contributed by atoms with Crippen molar-refractivity contribution < 1.29 is 22.7 Å². The summed E-state index contributed by atoms with van der Waals surface area (Å²) >= 11 is 6.01. The average Bonchev–Trinajstić information content (AvgIpc) is 2.57. The van der Waals surface area contributed by atoms with Crippen LogP contribution >= 0.6 is 11.6 Å². The topological polar surface area (TPSA) is 93.7 Å². The molecule has 1 aliphatic heterocycles. The van der Waals surface area contributed by atoms with Gasteiger partial charge in [0.15, 0.2) is 11.9 Å². The highest BCUT2D eigenvalue weighted by Crippen LogP contribution is 2.39. The number of carbonyl (C=O) groups is 1. The Kier molecular flexibility index (Phi) is 4.97. The van der Waals surface area contributed by atoms with Gasteiger partial charge in [-0.3, -0.25) is 9.52 Å². The molecule has 9 heteroatoms. The standard InChI is InChI=1S/C17H17ClN2O5S/c1-3-24-13-6-4-12(5-7-13)20-26(22,23)15-9-11(18)8-14-16(15)25-10(2)17(21)19-14/h4-10,20H,3H2,1-2H3,(H,19,21). The molecule has 0 saturated heterocycles. The number of rotatable bonds is 5. The summed E-state index contributed by atoms with van der Waals surface area (Å²) in [7, 11) is -3.99. The Labute approximate surface area is 156 Å². The van der Waals surface area contributed by atoms with E-state index >= 15 is 0 Å². The van der Waals surface area contributed by atoms with Gasteiger partial charge in [-0.05, 0) is 50.2 Å². The maximum absolute atomic E-state index is 12.8. The predicted molar refractivity (Wildman–Crippen MR) is 98.6 cm³/mol. The maximum atomic E-state index is 12.8. The van der Waals surface area contributed by atoms with Crippen molar-refractivity contribution in [1.82, 2.24) is 0 Å². The monoisotopic (exact) mass is 396 g/mol. The smallest absolute Gasteiger partial charge is 0.265 e. The van der Waals surface area contributed by atoms with Crippen LogP contribution in [0.1, 0.15) is 13.8 Å². The molecule has 1 heterocycles. The van der Waals surface area contributed by atoms with Crippen LogP contribution in [0.2, 0.25) is 5.02 Å². The number of carbonyl (C=O) groups excluding carboxylic acids is 1. The molecule has 0 aliphatic carbocycles. The second kappa shape index (κ2) is 7.05. The van der Waals surface area contributed by atoms with E-state index < -0.39 is 16.1 Å². The molecule has 0 saturated carbocycles. The lowest BCUT2D eigenvalue weighted by atomic mass is 10.2. The second-order valence-electron chi connectivity index (χ2n) is 5.59. The number of ether oxygens (including phenoxy) is 2. The van der Waals surface area contributed by atoms with Crippen LogP contribution in [0.15, 0.2) is 41.3 Å². The summed E-state index contributed by atoms with van der Waals surface area (Å²) in [6.07, 6.45) is -0.817. The van der Waals surface area contributed by atoms with Gasteiger partial charge < -0.3 is 14.8 Å². The molecule has 2 N–H and O–H groups in total. The Hall–Kier alpha value is -2.45. The summed E-state index contributed by atoms with van der Waals surface area (Å²) in [6, 6.07) is 9.22. The van der Waals surface area contributed by atoms with Gasteiger partial charge in [-0.1, -0.05) is 11.6 Å². The third-order valence-electron chi connectivity index (χ3n) is 3.65. The zero-order valence-corrected chi connectivity index (χ0v) is 15.6. The van der Waals surface area contributed by atoms with E-state index in [0.717, 1.165) is 0 Å². The van der Waals surface area contributed by atoms with Gasteiger partial charge >= 0.3 is 0 Å². The molecule has 0 aromatic heterocycles. The highest BCUT2D eigenvalue weighted by Gasteiger charge is 2.31. The minimum absolute atomic E-state index is 0.0555. The first kappa shape index (κ1) is 18.3. The second-order valence-corrected chi connectivity index (χ2v) is 7.68. The van der Waals surface area contributed by atoms with Crippen molar-refractivity contribution in [2.75, 3.05) is 16.6 Å². The quantitative estimate of drug-likeness (QED) is 0.809. The molecule has 0 bridgehead atoms. The van der Waals surface area contributed by atoms with Crippen LogP contribution in [-0.2, 0) is 14.8 Å². The van der Waals surface area contributed by atoms with Gasteiger partial charge in [-0.15, -0.1) is 0 Å². The van der Waals surface area contributed by atoms with Crippen molar-refractivity contribution in [3.63, 3.8) is 0 Å². The van der Waals surface area contributed by atoms with E-state index in [1.165, 1.54) is 19.1 Å². The SMILES string of the molecule is CCOc1ccc(NS(=O)(=O)c2cc(Cl)cc3c2OC(C)C(=O)N3)cc1. The third-order valence-corrected chi connectivity index (χ3v) is 5.25. The number of hydrogen-bond donors (Lipinski definition) is 2. The van der Waals surface area contributed by atoms with Crippen LogP contribution in [0.5, 0.6) is 11.5 Å². The van der Waals surface area contributed by atoms with E-state index in [0.29, 0.717) is 18.0 Å². The van der Waals surface area contributed by atoms with Crippen molar-refractivity contribution in [2.45, 2.75) is 24.8 Å². The summed E-state index contributed by atoms with van der Waals surface area (Å²) in [4.78, 5) is 11.6. The van der Waals surface area contributed by atoms with E-state index in [1.807, 2.05) is 6.92 Å². The number of halogens is 1. The number of nitrogens with one attached hydrogen (secondary N) is 2. The Balaban J connectivity index is 1.96. The number of sulfonamides is 1. The van der Waals surface area contributed by atoms with Gasteiger partial charge in [-0.2, -0.15) is 0 Å². The summed E-state index contributed by atoms with van der Waals surface area (Å²) in [6.45, 7) is 3.91. The van der Waals surface area contributed by atoms with Gasteiger partial charge in [-0.25, -0.2) is 8.42 Å². The molecule has 26 heavy (non-hydrogen) atoms. The predicted octanol–water partition coefficient (Wildman–Crippen LogP) is 3.26. The first-order valence-corrected chi connectivity index (χ1v) is 9.73. The molecule has 2 aromatic carbocycles. The third kappa shape index (κ3) is 3.71. The molecule has 3 rings (SSSR count). The van der Waals surface area contributed by atoms with Crippen LogP contribution in [0, 0.1) is 0 Å². The average molecular weight is 397 g/mol. The van der Waals surface area contributed by atoms with Gasteiger partial charge in [0.25, 0.3) is 15.9 Å². The number of benzene rings is 2. The van der Waals surface area contributed by atoms with Crippen molar-refractivity contribution in [3.05, 3.63) is 41.4 Å². The van der Waals surface area contributed by atoms with Crippen LogP contribution in [0.4, 0.5) is 11.4 Å². The number of fused-ring (bicyclic) bond motifs is 1. The molecule has 0 spiro atoms. The van der Waals surface area contributed by atoms with Gasteiger partial charge in [0.05, 0.1) is 12.3 Å². The summed E-state index contributed by atoms with van der Waals surface area (Å²) in [5.41, 5.74) is 0.572. The minimum atomic E-state index is -3.99. The zero-order chi connectivity index (χ0) is 18.9. The van der Waals surface area contributed by atoms with E-state index in [9.17, 15) is 13.2 Å². The van der Waals surface area contributed by atoms with Crippen molar-refractivity contribution in [3.8, 4) is 11.5 Å². The molecule has 0 radical (unpaired) electrons. The molecular weight excluding hydrogens is 380 g/mol. The largest absolute Gasteiger partial charge is 0.494 e. The number of amides is 1. The molecular formula is C17H17ClN2O5S.